The topological polar surface area (TPSA) is 49.8 Å². The first-order valence-electron chi connectivity index (χ1n) is 5.99. The summed E-state index contributed by atoms with van der Waals surface area (Å²) in [5.74, 6) is -0.00555. The number of hydrogen-bond acceptors (Lipinski definition) is 3. The van der Waals surface area contributed by atoms with E-state index in [2.05, 4.69) is 0 Å². The molecular formula is C14H21NO3. The number of nitrogens with zero attached hydrogens (tertiary/aromatic N) is 1. The van der Waals surface area contributed by atoms with Crippen LogP contribution in [0.1, 0.15) is 11.1 Å². The van der Waals surface area contributed by atoms with Gasteiger partial charge in [0, 0.05) is 20.7 Å². The zero-order chi connectivity index (χ0) is 13.5. The van der Waals surface area contributed by atoms with Crippen LogP contribution in [0.3, 0.4) is 0 Å². The van der Waals surface area contributed by atoms with Crippen molar-refractivity contribution < 1.29 is 14.6 Å². The summed E-state index contributed by atoms with van der Waals surface area (Å²) < 4.78 is 4.83. The number of hydrogen-bond donors (Lipinski definition) is 1. The lowest BCUT2D eigenvalue weighted by Crippen LogP contribution is -2.37. The number of likely N-dealkylation sites (N-methyl/N-ethyl adjacent to an activating group) is 1. The molecule has 0 saturated carbocycles. The highest BCUT2D eigenvalue weighted by atomic mass is 16.5. The third kappa shape index (κ3) is 4.85. The van der Waals surface area contributed by atoms with Crippen LogP contribution in [0.15, 0.2) is 24.3 Å². The van der Waals surface area contributed by atoms with E-state index >= 15 is 0 Å². The maximum absolute atomic E-state index is 11.9. The maximum atomic E-state index is 11.9. The van der Waals surface area contributed by atoms with E-state index in [1.807, 2.05) is 31.2 Å². The lowest BCUT2D eigenvalue weighted by Gasteiger charge is -2.20. The number of ether oxygens (including phenoxy) is 1. The number of aliphatic hydroxyl groups is 1. The molecule has 4 nitrogen and oxygen atoms in total. The van der Waals surface area contributed by atoms with Gasteiger partial charge >= 0.3 is 0 Å². The fourth-order valence-corrected chi connectivity index (χ4v) is 1.68. The molecule has 1 aromatic rings. The molecule has 1 amide bonds. The monoisotopic (exact) mass is 251 g/mol. The summed E-state index contributed by atoms with van der Waals surface area (Å²) in [5, 5.41) is 9.55. The van der Waals surface area contributed by atoms with Gasteiger partial charge in [0.15, 0.2) is 0 Å². The minimum Gasteiger partial charge on any atom is -0.389 e. The molecule has 4 heteroatoms. The van der Waals surface area contributed by atoms with Crippen LogP contribution in [0, 0.1) is 6.92 Å². The van der Waals surface area contributed by atoms with Crippen molar-refractivity contribution >= 4 is 5.91 Å². The molecular weight excluding hydrogens is 230 g/mol. The molecule has 0 bridgehead atoms. The first kappa shape index (κ1) is 14.7. The molecule has 0 saturated heterocycles. The second-order valence-corrected chi connectivity index (χ2v) is 4.55. The van der Waals surface area contributed by atoms with E-state index in [4.69, 9.17) is 4.74 Å². The van der Waals surface area contributed by atoms with Crippen molar-refractivity contribution in [2.24, 2.45) is 0 Å². The van der Waals surface area contributed by atoms with Crippen LogP contribution in [-0.4, -0.2) is 49.3 Å². The highest BCUT2D eigenvalue weighted by Gasteiger charge is 2.13. The molecule has 0 aliphatic carbocycles. The number of aliphatic hydroxyl groups excluding tert-OH is 1. The molecule has 1 unspecified atom stereocenters. The minimum absolute atomic E-state index is 0.00555. The van der Waals surface area contributed by atoms with Gasteiger partial charge in [-0.3, -0.25) is 4.79 Å². The van der Waals surface area contributed by atoms with Crippen molar-refractivity contribution in [2.45, 2.75) is 19.4 Å². The molecule has 18 heavy (non-hydrogen) atoms. The quantitative estimate of drug-likeness (QED) is 0.820. The Morgan fingerprint density at radius 2 is 2.00 bits per heavy atom. The number of methoxy groups -OCH3 is 1. The van der Waals surface area contributed by atoms with Crippen LogP contribution in [0.25, 0.3) is 0 Å². The molecule has 0 aliphatic rings. The number of amides is 1. The average molecular weight is 251 g/mol. The van der Waals surface area contributed by atoms with E-state index in [1.165, 1.54) is 17.6 Å². The van der Waals surface area contributed by atoms with E-state index in [1.54, 1.807) is 7.05 Å². The van der Waals surface area contributed by atoms with Crippen LogP contribution in [0.4, 0.5) is 0 Å². The van der Waals surface area contributed by atoms with Gasteiger partial charge in [-0.1, -0.05) is 29.8 Å². The van der Waals surface area contributed by atoms with Crippen LogP contribution in [0.5, 0.6) is 0 Å². The molecule has 0 heterocycles. The Kier molecular flexibility index (Phi) is 5.82. The average Bonchev–Trinajstić information content (AvgIpc) is 2.32. The zero-order valence-electron chi connectivity index (χ0n) is 11.2. The third-order valence-corrected chi connectivity index (χ3v) is 2.75. The molecule has 1 aromatic carbocycles. The van der Waals surface area contributed by atoms with Gasteiger partial charge in [0.05, 0.1) is 19.1 Å². The van der Waals surface area contributed by atoms with E-state index in [9.17, 15) is 9.90 Å². The second-order valence-electron chi connectivity index (χ2n) is 4.55. The standard InChI is InChI=1S/C14H21NO3/c1-11-4-6-12(7-5-11)8-14(17)15(2)9-13(16)10-18-3/h4-7,13,16H,8-10H2,1-3H3. The lowest BCUT2D eigenvalue weighted by molar-refractivity contribution is -0.130. The highest BCUT2D eigenvalue weighted by molar-refractivity contribution is 5.78. The second kappa shape index (κ2) is 7.13. The van der Waals surface area contributed by atoms with Crippen LogP contribution < -0.4 is 0 Å². The molecule has 0 spiro atoms. The first-order valence-corrected chi connectivity index (χ1v) is 5.99. The smallest absolute Gasteiger partial charge is 0.226 e. The molecule has 0 aliphatic heterocycles. The molecule has 1 N–H and O–H groups in total. The highest BCUT2D eigenvalue weighted by Crippen LogP contribution is 2.05. The van der Waals surface area contributed by atoms with Gasteiger partial charge in [-0.25, -0.2) is 0 Å². The van der Waals surface area contributed by atoms with Gasteiger partial charge in [0.25, 0.3) is 0 Å². The van der Waals surface area contributed by atoms with E-state index < -0.39 is 6.10 Å². The van der Waals surface area contributed by atoms with Crippen LogP contribution >= 0.6 is 0 Å². The van der Waals surface area contributed by atoms with Crippen molar-refractivity contribution in [2.75, 3.05) is 27.3 Å². The van der Waals surface area contributed by atoms with Crippen LogP contribution in [-0.2, 0) is 16.0 Å². The first-order chi connectivity index (χ1) is 8.52. The van der Waals surface area contributed by atoms with Crippen molar-refractivity contribution in [3.05, 3.63) is 35.4 Å². The summed E-state index contributed by atoms with van der Waals surface area (Å²) in [7, 11) is 3.22. The van der Waals surface area contributed by atoms with Crippen molar-refractivity contribution in [1.82, 2.24) is 4.90 Å². The molecule has 1 atom stereocenters. The van der Waals surface area contributed by atoms with Crippen molar-refractivity contribution in [3.8, 4) is 0 Å². The summed E-state index contributed by atoms with van der Waals surface area (Å²) in [6.07, 6.45) is -0.279. The summed E-state index contributed by atoms with van der Waals surface area (Å²) in [6, 6.07) is 7.88. The van der Waals surface area contributed by atoms with Crippen LogP contribution in [0.2, 0.25) is 0 Å². The minimum atomic E-state index is -0.637. The van der Waals surface area contributed by atoms with E-state index in [-0.39, 0.29) is 12.5 Å². The van der Waals surface area contributed by atoms with Gasteiger partial charge in [-0.05, 0) is 12.5 Å². The normalized spacial score (nSPS) is 12.2. The van der Waals surface area contributed by atoms with Gasteiger partial charge in [0.2, 0.25) is 5.91 Å². The van der Waals surface area contributed by atoms with Gasteiger partial charge < -0.3 is 14.7 Å². The number of aryl methyl sites for hydroxylation is 1. The molecule has 0 aromatic heterocycles. The van der Waals surface area contributed by atoms with Gasteiger partial charge in [0.1, 0.15) is 0 Å². The summed E-state index contributed by atoms with van der Waals surface area (Å²) in [6.45, 7) is 2.54. The van der Waals surface area contributed by atoms with Gasteiger partial charge in [-0.2, -0.15) is 0 Å². The number of carbonyl (C=O) groups is 1. The number of benzene rings is 1. The Morgan fingerprint density at radius 3 is 2.56 bits per heavy atom. The third-order valence-electron chi connectivity index (χ3n) is 2.75. The van der Waals surface area contributed by atoms with E-state index in [0.29, 0.717) is 13.0 Å². The Labute approximate surface area is 108 Å². The van der Waals surface area contributed by atoms with Gasteiger partial charge in [-0.15, -0.1) is 0 Å². The predicted molar refractivity (Wildman–Crippen MR) is 70.4 cm³/mol. The molecule has 0 fully saturated rings. The Morgan fingerprint density at radius 1 is 1.39 bits per heavy atom. The largest absolute Gasteiger partial charge is 0.389 e. The molecule has 0 radical (unpaired) electrons. The summed E-state index contributed by atoms with van der Waals surface area (Å²) in [4.78, 5) is 13.4. The predicted octanol–water partition coefficient (Wildman–Crippen LogP) is 1.00. The summed E-state index contributed by atoms with van der Waals surface area (Å²) in [5.41, 5.74) is 2.16. The van der Waals surface area contributed by atoms with Crippen molar-refractivity contribution in [1.29, 1.82) is 0 Å². The number of carbonyl (C=O) groups excluding carboxylic acids is 1. The fourth-order valence-electron chi connectivity index (χ4n) is 1.68. The SMILES string of the molecule is COCC(O)CN(C)C(=O)Cc1ccc(C)cc1. The summed E-state index contributed by atoms with van der Waals surface area (Å²) >= 11 is 0. The Bertz CT molecular complexity index is 375. The lowest BCUT2D eigenvalue weighted by atomic mass is 10.1. The maximum Gasteiger partial charge on any atom is 0.226 e. The zero-order valence-corrected chi connectivity index (χ0v) is 11.2. The molecule has 100 valence electrons. The number of rotatable bonds is 6. The fraction of sp³-hybridized carbons (Fsp3) is 0.500. The van der Waals surface area contributed by atoms with Crippen molar-refractivity contribution in [3.63, 3.8) is 0 Å². The molecule has 1 rings (SSSR count). The Balaban J connectivity index is 2.46. The van der Waals surface area contributed by atoms with E-state index in [0.717, 1.165) is 5.56 Å². The Hall–Kier alpha value is -1.39.